The van der Waals surface area contributed by atoms with Crippen LogP contribution in [0, 0.1) is 11.8 Å². The standard InChI is InChI=1S/C17H25N3O4.ClH/c1-23-13-6-12(7-14(8-13)24-2)20-16(21)10-19-17(22)15-5-3-4-11(15)9-18;/h6-8,11,15H,3-5,9-10,18H2,1-2H3,(H,19,22)(H,20,21);1H/t11-,15-;/m1./s1. The number of benzene rings is 1. The van der Waals surface area contributed by atoms with Crippen LogP contribution in [0.25, 0.3) is 0 Å². The summed E-state index contributed by atoms with van der Waals surface area (Å²) in [5.74, 6) is 0.883. The minimum absolute atomic E-state index is 0. The Hall–Kier alpha value is -1.99. The number of anilines is 1. The SMILES string of the molecule is COc1cc(NC(=O)CNC(=O)[C@@H]2CCC[C@@H]2CN)cc(OC)c1.Cl. The van der Waals surface area contributed by atoms with Crippen molar-refractivity contribution in [3.8, 4) is 11.5 Å². The Kier molecular flexibility index (Phi) is 8.51. The van der Waals surface area contributed by atoms with Crippen LogP contribution in [0.3, 0.4) is 0 Å². The molecule has 8 heteroatoms. The number of carbonyl (C=O) groups excluding carboxylic acids is 2. The van der Waals surface area contributed by atoms with Gasteiger partial charge in [-0.3, -0.25) is 9.59 Å². The average Bonchev–Trinajstić information content (AvgIpc) is 3.08. The summed E-state index contributed by atoms with van der Waals surface area (Å²) in [7, 11) is 3.08. The van der Waals surface area contributed by atoms with Gasteiger partial charge in [-0.2, -0.15) is 0 Å². The first-order chi connectivity index (χ1) is 11.6. The second-order valence-electron chi connectivity index (χ2n) is 5.90. The predicted molar refractivity (Wildman–Crippen MR) is 98.3 cm³/mol. The highest BCUT2D eigenvalue weighted by molar-refractivity contribution is 5.95. The Morgan fingerprint density at radius 3 is 2.36 bits per heavy atom. The van der Waals surface area contributed by atoms with Crippen molar-refractivity contribution in [1.29, 1.82) is 0 Å². The third-order valence-electron chi connectivity index (χ3n) is 4.36. The number of amides is 2. The topological polar surface area (TPSA) is 103 Å². The molecule has 1 fully saturated rings. The molecule has 1 aromatic rings. The Morgan fingerprint density at radius 1 is 1.16 bits per heavy atom. The number of methoxy groups -OCH3 is 2. The summed E-state index contributed by atoms with van der Waals surface area (Å²) >= 11 is 0. The van der Waals surface area contributed by atoms with Crippen LogP contribution >= 0.6 is 12.4 Å². The molecule has 25 heavy (non-hydrogen) atoms. The van der Waals surface area contributed by atoms with Crippen LogP contribution in [0.4, 0.5) is 5.69 Å². The zero-order valence-corrected chi connectivity index (χ0v) is 15.4. The lowest BCUT2D eigenvalue weighted by Crippen LogP contribution is -2.39. The van der Waals surface area contributed by atoms with Crippen LogP contribution in [0.5, 0.6) is 11.5 Å². The van der Waals surface area contributed by atoms with Crippen LogP contribution < -0.4 is 25.8 Å². The van der Waals surface area contributed by atoms with Gasteiger partial charge in [0.05, 0.1) is 20.8 Å². The lowest BCUT2D eigenvalue weighted by Gasteiger charge is -2.17. The molecule has 4 N–H and O–H groups in total. The maximum Gasteiger partial charge on any atom is 0.243 e. The van der Waals surface area contributed by atoms with Gasteiger partial charge in [0.2, 0.25) is 11.8 Å². The van der Waals surface area contributed by atoms with Crippen molar-refractivity contribution >= 4 is 29.9 Å². The monoisotopic (exact) mass is 371 g/mol. The lowest BCUT2D eigenvalue weighted by atomic mass is 9.95. The smallest absolute Gasteiger partial charge is 0.243 e. The van der Waals surface area contributed by atoms with Crippen molar-refractivity contribution in [2.75, 3.05) is 32.6 Å². The fourth-order valence-corrected chi connectivity index (χ4v) is 3.05. The highest BCUT2D eigenvalue weighted by atomic mass is 35.5. The van der Waals surface area contributed by atoms with Gasteiger partial charge in [-0.15, -0.1) is 12.4 Å². The van der Waals surface area contributed by atoms with E-state index in [1.54, 1.807) is 18.2 Å². The van der Waals surface area contributed by atoms with Crippen molar-refractivity contribution in [3.63, 3.8) is 0 Å². The molecule has 1 aliphatic carbocycles. The molecule has 0 unspecified atom stereocenters. The maximum absolute atomic E-state index is 12.2. The molecule has 0 saturated heterocycles. The molecule has 1 saturated carbocycles. The molecule has 1 aromatic carbocycles. The number of nitrogens with two attached hydrogens (primary N) is 1. The Bertz CT molecular complexity index is 575. The number of hydrogen-bond donors (Lipinski definition) is 3. The summed E-state index contributed by atoms with van der Waals surface area (Å²) in [5.41, 5.74) is 6.24. The minimum Gasteiger partial charge on any atom is -0.497 e. The van der Waals surface area contributed by atoms with Crippen LogP contribution in [0.15, 0.2) is 18.2 Å². The van der Waals surface area contributed by atoms with E-state index in [0.717, 1.165) is 19.3 Å². The normalized spacial score (nSPS) is 18.8. The number of rotatable bonds is 7. The Morgan fingerprint density at radius 2 is 1.80 bits per heavy atom. The Balaban J connectivity index is 0.00000312. The van der Waals surface area contributed by atoms with Gasteiger partial charge in [0.1, 0.15) is 11.5 Å². The summed E-state index contributed by atoms with van der Waals surface area (Å²) < 4.78 is 10.3. The average molecular weight is 372 g/mol. The molecule has 2 atom stereocenters. The minimum atomic E-state index is -0.305. The molecule has 0 aliphatic heterocycles. The van der Waals surface area contributed by atoms with Gasteiger partial charge >= 0.3 is 0 Å². The molecule has 2 rings (SSSR count). The van der Waals surface area contributed by atoms with Crippen LogP contribution in [0.1, 0.15) is 19.3 Å². The molecule has 0 spiro atoms. The van der Waals surface area contributed by atoms with E-state index < -0.39 is 0 Å². The quantitative estimate of drug-likeness (QED) is 0.675. The van der Waals surface area contributed by atoms with E-state index in [2.05, 4.69) is 10.6 Å². The molecular weight excluding hydrogens is 346 g/mol. The van der Waals surface area contributed by atoms with E-state index >= 15 is 0 Å². The molecular formula is C17H26ClN3O4. The van der Waals surface area contributed by atoms with Gasteiger partial charge < -0.3 is 25.8 Å². The van der Waals surface area contributed by atoms with Crippen molar-refractivity contribution < 1.29 is 19.1 Å². The van der Waals surface area contributed by atoms with Crippen LogP contribution in [-0.2, 0) is 9.59 Å². The van der Waals surface area contributed by atoms with Crippen LogP contribution in [-0.4, -0.2) is 39.1 Å². The summed E-state index contributed by atoms with van der Waals surface area (Å²) in [6, 6.07) is 5.08. The van der Waals surface area contributed by atoms with Crippen molar-refractivity contribution in [2.24, 2.45) is 17.6 Å². The molecule has 0 aromatic heterocycles. The largest absolute Gasteiger partial charge is 0.497 e. The van der Waals surface area contributed by atoms with E-state index in [1.165, 1.54) is 14.2 Å². The molecule has 0 heterocycles. The van der Waals surface area contributed by atoms with Crippen LogP contribution in [0.2, 0.25) is 0 Å². The highest BCUT2D eigenvalue weighted by Gasteiger charge is 2.31. The van der Waals surface area contributed by atoms with Gasteiger partial charge in [-0.05, 0) is 25.3 Å². The number of halogens is 1. The number of nitrogens with one attached hydrogen (secondary N) is 2. The van der Waals surface area contributed by atoms with E-state index in [0.29, 0.717) is 23.7 Å². The first kappa shape index (κ1) is 21.1. The first-order valence-electron chi connectivity index (χ1n) is 8.08. The second kappa shape index (κ2) is 10.1. The maximum atomic E-state index is 12.2. The fraction of sp³-hybridized carbons (Fsp3) is 0.529. The summed E-state index contributed by atoms with van der Waals surface area (Å²) in [6.07, 6.45) is 2.82. The lowest BCUT2D eigenvalue weighted by molar-refractivity contribution is -0.128. The van der Waals surface area contributed by atoms with E-state index in [-0.39, 0.29) is 42.6 Å². The molecule has 0 bridgehead atoms. The molecule has 7 nitrogen and oxygen atoms in total. The Labute approximate surface area is 154 Å². The van der Waals surface area contributed by atoms with Gasteiger partial charge in [-0.1, -0.05) is 6.42 Å². The van der Waals surface area contributed by atoms with Crippen molar-refractivity contribution in [3.05, 3.63) is 18.2 Å². The molecule has 2 amide bonds. The molecule has 1 aliphatic rings. The number of ether oxygens (including phenoxy) is 2. The third-order valence-corrected chi connectivity index (χ3v) is 4.36. The number of hydrogen-bond acceptors (Lipinski definition) is 5. The molecule has 0 radical (unpaired) electrons. The van der Waals surface area contributed by atoms with E-state index in [9.17, 15) is 9.59 Å². The summed E-state index contributed by atoms with van der Waals surface area (Å²) in [4.78, 5) is 24.2. The van der Waals surface area contributed by atoms with Gasteiger partial charge in [-0.25, -0.2) is 0 Å². The highest BCUT2D eigenvalue weighted by Crippen LogP contribution is 2.31. The summed E-state index contributed by atoms with van der Waals surface area (Å²) in [5, 5.41) is 5.42. The predicted octanol–water partition coefficient (Wildman–Crippen LogP) is 1.56. The zero-order chi connectivity index (χ0) is 17.5. The number of carbonyl (C=O) groups is 2. The van der Waals surface area contributed by atoms with Gasteiger partial charge in [0, 0.05) is 29.8 Å². The molecule has 140 valence electrons. The summed E-state index contributed by atoms with van der Waals surface area (Å²) in [6.45, 7) is 0.431. The third kappa shape index (κ3) is 5.79. The fourth-order valence-electron chi connectivity index (χ4n) is 3.05. The first-order valence-corrected chi connectivity index (χ1v) is 8.08. The van der Waals surface area contributed by atoms with E-state index in [4.69, 9.17) is 15.2 Å². The zero-order valence-electron chi connectivity index (χ0n) is 14.5. The second-order valence-corrected chi connectivity index (χ2v) is 5.90. The van der Waals surface area contributed by atoms with Crippen molar-refractivity contribution in [2.45, 2.75) is 19.3 Å². The van der Waals surface area contributed by atoms with Crippen molar-refractivity contribution in [1.82, 2.24) is 5.32 Å². The van der Waals surface area contributed by atoms with Gasteiger partial charge in [0.15, 0.2) is 0 Å². The van der Waals surface area contributed by atoms with Gasteiger partial charge in [0.25, 0.3) is 0 Å². The van der Waals surface area contributed by atoms with E-state index in [1.807, 2.05) is 0 Å².